The van der Waals surface area contributed by atoms with Gasteiger partial charge in [0.1, 0.15) is 12.2 Å². The fraction of sp³-hybridized carbons (Fsp3) is 1.00. The summed E-state index contributed by atoms with van der Waals surface area (Å²) in [5, 5.41) is 9.67. The molecular formula is C19H40N2O6. The van der Waals surface area contributed by atoms with E-state index in [2.05, 4.69) is 16.8 Å². The van der Waals surface area contributed by atoms with E-state index in [9.17, 15) is 5.11 Å². The van der Waals surface area contributed by atoms with E-state index in [-0.39, 0.29) is 30.5 Å². The summed E-state index contributed by atoms with van der Waals surface area (Å²) in [7, 11) is 9.18. The van der Waals surface area contributed by atoms with Gasteiger partial charge in [-0.15, -0.1) is 0 Å². The summed E-state index contributed by atoms with van der Waals surface area (Å²) in [5.74, 6) is 0. The number of likely N-dealkylation sites (N-methyl/N-ethyl adjacent to an activating group) is 2. The van der Waals surface area contributed by atoms with Gasteiger partial charge in [0, 0.05) is 47.6 Å². The predicted molar refractivity (Wildman–Crippen MR) is 104 cm³/mol. The van der Waals surface area contributed by atoms with E-state index in [0.717, 1.165) is 13.2 Å². The molecule has 162 valence electrons. The fourth-order valence-electron chi connectivity index (χ4n) is 3.88. The highest BCUT2D eigenvalue weighted by molar-refractivity contribution is 4.94. The van der Waals surface area contributed by atoms with Gasteiger partial charge < -0.3 is 28.8 Å². The molecule has 0 aromatic carbocycles. The molecule has 0 aliphatic carbocycles. The van der Waals surface area contributed by atoms with Crippen LogP contribution in [0.15, 0.2) is 0 Å². The molecule has 8 nitrogen and oxygen atoms in total. The van der Waals surface area contributed by atoms with Crippen LogP contribution in [-0.4, -0.2) is 126 Å². The number of ether oxygens (including phenoxy) is 5. The molecule has 27 heavy (non-hydrogen) atoms. The number of aliphatic hydroxyl groups is 1. The van der Waals surface area contributed by atoms with Crippen molar-refractivity contribution in [3.63, 3.8) is 0 Å². The lowest BCUT2D eigenvalue weighted by molar-refractivity contribution is -0.0488. The van der Waals surface area contributed by atoms with Gasteiger partial charge >= 0.3 is 0 Å². The molecular weight excluding hydrogens is 352 g/mol. The van der Waals surface area contributed by atoms with Crippen LogP contribution in [0, 0.1) is 0 Å². The zero-order chi connectivity index (χ0) is 20.4. The van der Waals surface area contributed by atoms with Crippen LogP contribution in [-0.2, 0) is 23.7 Å². The lowest BCUT2D eigenvalue weighted by atomic mass is 10.1. The molecule has 1 N–H and O–H groups in total. The highest BCUT2D eigenvalue weighted by atomic mass is 16.5. The molecule has 0 radical (unpaired) electrons. The Morgan fingerprint density at radius 3 is 1.78 bits per heavy atom. The second-order valence-corrected chi connectivity index (χ2v) is 7.11. The Hall–Kier alpha value is -0.320. The van der Waals surface area contributed by atoms with Gasteiger partial charge in [-0.2, -0.15) is 0 Å². The number of hydrogen-bond acceptors (Lipinski definition) is 8. The molecule has 2 aliphatic heterocycles. The molecule has 2 fully saturated rings. The number of methoxy groups -OCH3 is 3. The minimum Gasteiger partial charge on any atom is -0.389 e. The van der Waals surface area contributed by atoms with Crippen molar-refractivity contribution in [1.29, 1.82) is 0 Å². The summed E-state index contributed by atoms with van der Waals surface area (Å²) in [6.45, 7) is 8.19. The second-order valence-electron chi connectivity index (χ2n) is 7.11. The van der Waals surface area contributed by atoms with Crippen LogP contribution in [0.4, 0.5) is 0 Å². The molecule has 0 bridgehead atoms. The SMILES string of the molecule is CCO[C@@H]1[C@@H](COC)N(C)C[C@H]1OC.CCO[C@H]1[C@H](O)CN(C)[C@@H]1COC. The van der Waals surface area contributed by atoms with Crippen molar-refractivity contribution in [3.05, 3.63) is 0 Å². The minimum atomic E-state index is -0.384. The van der Waals surface area contributed by atoms with Gasteiger partial charge in [0.25, 0.3) is 0 Å². The van der Waals surface area contributed by atoms with Crippen molar-refractivity contribution < 1.29 is 28.8 Å². The minimum absolute atomic E-state index is 0.102. The highest BCUT2D eigenvalue weighted by Crippen LogP contribution is 2.22. The number of nitrogens with zero attached hydrogens (tertiary/aromatic N) is 2. The molecule has 6 atom stereocenters. The van der Waals surface area contributed by atoms with Gasteiger partial charge in [0.2, 0.25) is 0 Å². The van der Waals surface area contributed by atoms with E-state index in [0.29, 0.717) is 32.4 Å². The Bertz CT molecular complexity index is 373. The van der Waals surface area contributed by atoms with E-state index in [1.54, 1.807) is 21.3 Å². The average molecular weight is 393 g/mol. The molecule has 0 saturated carbocycles. The summed E-state index contributed by atoms with van der Waals surface area (Å²) < 4.78 is 26.9. The maximum absolute atomic E-state index is 9.67. The highest BCUT2D eigenvalue weighted by Gasteiger charge is 2.41. The largest absolute Gasteiger partial charge is 0.389 e. The summed E-state index contributed by atoms with van der Waals surface area (Å²) in [5.41, 5.74) is 0. The van der Waals surface area contributed by atoms with Crippen LogP contribution in [0.5, 0.6) is 0 Å². The van der Waals surface area contributed by atoms with Gasteiger partial charge in [-0.25, -0.2) is 0 Å². The van der Waals surface area contributed by atoms with E-state index in [1.165, 1.54) is 0 Å². The number of likely N-dealkylation sites (tertiary alicyclic amines) is 2. The predicted octanol–water partition coefficient (Wildman–Crippen LogP) is 0.0797. The first-order valence-electron chi connectivity index (χ1n) is 9.77. The molecule has 0 aromatic heterocycles. The summed E-state index contributed by atoms with van der Waals surface area (Å²) >= 11 is 0. The van der Waals surface area contributed by atoms with Crippen molar-refractivity contribution in [1.82, 2.24) is 9.80 Å². The zero-order valence-electron chi connectivity index (χ0n) is 18.1. The van der Waals surface area contributed by atoms with Gasteiger partial charge in [-0.1, -0.05) is 0 Å². The van der Waals surface area contributed by atoms with E-state index < -0.39 is 0 Å². The first-order valence-corrected chi connectivity index (χ1v) is 9.77. The molecule has 2 heterocycles. The zero-order valence-corrected chi connectivity index (χ0v) is 18.1. The third-order valence-corrected chi connectivity index (χ3v) is 5.28. The number of hydrogen-bond donors (Lipinski definition) is 1. The van der Waals surface area contributed by atoms with E-state index in [4.69, 9.17) is 23.7 Å². The van der Waals surface area contributed by atoms with Crippen LogP contribution >= 0.6 is 0 Å². The first kappa shape index (κ1) is 24.7. The van der Waals surface area contributed by atoms with Crippen LogP contribution in [0.1, 0.15) is 13.8 Å². The lowest BCUT2D eigenvalue weighted by Gasteiger charge is -2.24. The topological polar surface area (TPSA) is 72.9 Å². The Morgan fingerprint density at radius 1 is 0.815 bits per heavy atom. The van der Waals surface area contributed by atoms with Crippen molar-refractivity contribution in [2.45, 2.75) is 50.3 Å². The second kappa shape index (κ2) is 13.0. The van der Waals surface area contributed by atoms with Crippen molar-refractivity contribution in [2.75, 3.05) is 74.9 Å². The summed E-state index contributed by atoms with van der Waals surface area (Å²) in [6, 6.07) is 0.491. The Balaban J connectivity index is 0.000000271. The average Bonchev–Trinajstić information content (AvgIpc) is 3.08. The summed E-state index contributed by atoms with van der Waals surface area (Å²) in [6.07, 6.45) is -0.185. The third kappa shape index (κ3) is 6.90. The first-order chi connectivity index (χ1) is 12.9. The third-order valence-electron chi connectivity index (χ3n) is 5.28. The Kier molecular flexibility index (Phi) is 11.9. The Morgan fingerprint density at radius 2 is 1.30 bits per heavy atom. The van der Waals surface area contributed by atoms with Gasteiger partial charge in [0.15, 0.2) is 0 Å². The molecule has 2 aliphatic rings. The quantitative estimate of drug-likeness (QED) is 0.592. The van der Waals surface area contributed by atoms with Crippen molar-refractivity contribution in [3.8, 4) is 0 Å². The van der Waals surface area contributed by atoms with Gasteiger partial charge in [-0.05, 0) is 27.9 Å². The molecule has 0 spiro atoms. The van der Waals surface area contributed by atoms with Crippen LogP contribution in [0.2, 0.25) is 0 Å². The Labute approximate surface area is 164 Å². The lowest BCUT2D eigenvalue weighted by Crippen LogP contribution is -2.40. The number of β-amino-alcohol motifs (C(OH)–C–C–N with tert-alkyl or cyclic N) is 1. The normalized spacial score (nSPS) is 34.7. The molecule has 0 unspecified atom stereocenters. The van der Waals surface area contributed by atoms with Gasteiger partial charge in [0.05, 0.1) is 37.5 Å². The number of rotatable bonds is 9. The van der Waals surface area contributed by atoms with Crippen LogP contribution in [0.25, 0.3) is 0 Å². The van der Waals surface area contributed by atoms with Crippen molar-refractivity contribution in [2.24, 2.45) is 0 Å². The maximum atomic E-state index is 9.67. The molecule has 0 amide bonds. The monoisotopic (exact) mass is 392 g/mol. The standard InChI is InChI=1S/C10H21NO3.C9H19NO3/c1-5-14-10-8(7-12-3)11(2)6-9(10)13-4;1-4-13-9-7(6-12-3)10(2)5-8(9)11/h8-10H,5-7H2,1-4H3;7-9,11H,4-6H2,1-3H3/t8-,9-,10-;7-,8-,9-/m11/s1. The maximum Gasteiger partial charge on any atom is 0.103 e. The van der Waals surface area contributed by atoms with Crippen LogP contribution in [0.3, 0.4) is 0 Å². The van der Waals surface area contributed by atoms with Crippen LogP contribution < -0.4 is 0 Å². The van der Waals surface area contributed by atoms with E-state index >= 15 is 0 Å². The van der Waals surface area contributed by atoms with E-state index in [1.807, 2.05) is 20.9 Å². The molecule has 8 heteroatoms. The van der Waals surface area contributed by atoms with Gasteiger partial charge in [-0.3, -0.25) is 9.80 Å². The molecule has 2 rings (SSSR count). The molecule has 0 aromatic rings. The smallest absolute Gasteiger partial charge is 0.103 e. The molecule has 2 saturated heterocycles. The fourth-order valence-corrected chi connectivity index (χ4v) is 3.88. The summed E-state index contributed by atoms with van der Waals surface area (Å²) in [4.78, 5) is 4.31. The van der Waals surface area contributed by atoms with Crippen molar-refractivity contribution >= 4 is 0 Å². The number of aliphatic hydroxyl groups excluding tert-OH is 1.